The fourth-order valence-electron chi connectivity index (χ4n) is 1.56. The van der Waals surface area contributed by atoms with Gasteiger partial charge < -0.3 is 14.8 Å². The van der Waals surface area contributed by atoms with Crippen LogP contribution in [0.2, 0.25) is 0 Å². The van der Waals surface area contributed by atoms with E-state index in [0.29, 0.717) is 12.1 Å². The Morgan fingerprint density at radius 3 is 2.67 bits per heavy atom. The fraction of sp³-hybridized carbons (Fsp3) is 0.667. The number of hydrogen-bond acceptors (Lipinski definition) is 3. The van der Waals surface area contributed by atoms with E-state index in [2.05, 4.69) is 19.2 Å². The molecule has 0 saturated carbocycles. The summed E-state index contributed by atoms with van der Waals surface area (Å²) >= 11 is 0. The maximum Gasteiger partial charge on any atom is 0.105 e. The van der Waals surface area contributed by atoms with Gasteiger partial charge in [0, 0.05) is 25.1 Å². The Hall–Kier alpha value is -0.800. The van der Waals surface area contributed by atoms with Crippen LogP contribution in [-0.2, 0) is 6.42 Å². The van der Waals surface area contributed by atoms with Gasteiger partial charge in [0.1, 0.15) is 5.76 Å². The average molecular weight is 211 g/mol. The maximum atomic E-state index is 9.02. The number of aliphatic hydroxyl groups excluding tert-OH is 1. The van der Waals surface area contributed by atoms with Crippen LogP contribution in [-0.4, -0.2) is 23.8 Å². The van der Waals surface area contributed by atoms with Crippen LogP contribution in [0.15, 0.2) is 22.8 Å². The predicted octanol–water partition coefficient (Wildman–Crippen LogP) is 1.82. The molecule has 1 aromatic heterocycles. The second-order valence-corrected chi connectivity index (χ2v) is 4.30. The van der Waals surface area contributed by atoms with Crippen LogP contribution in [0.1, 0.15) is 26.5 Å². The molecule has 0 spiro atoms. The van der Waals surface area contributed by atoms with Gasteiger partial charge in [-0.3, -0.25) is 0 Å². The third kappa shape index (κ3) is 4.06. The molecular weight excluding hydrogens is 190 g/mol. The van der Waals surface area contributed by atoms with Crippen molar-refractivity contribution in [2.24, 2.45) is 5.92 Å². The van der Waals surface area contributed by atoms with E-state index in [-0.39, 0.29) is 12.5 Å². The minimum Gasteiger partial charge on any atom is -0.469 e. The number of nitrogens with one attached hydrogen (secondary N) is 1. The summed E-state index contributed by atoms with van der Waals surface area (Å²) in [5.41, 5.74) is 0. The lowest BCUT2D eigenvalue weighted by Crippen LogP contribution is -2.40. The predicted molar refractivity (Wildman–Crippen MR) is 60.7 cm³/mol. The smallest absolute Gasteiger partial charge is 0.105 e. The van der Waals surface area contributed by atoms with Crippen LogP contribution in [0.25, 0.3) is 0 Å². The van der Waals surface area contributed by atoms with Crippen molar-refractivity contribution < 1.29 is 9.52 Å². The van der Waals surface area contributed by atoms with Gasteiger partial charge in [-0.25, -0.2) is 0 Å². The van der Waals surface area contributed by atoms with Crippen molar-refractivity contribution in [3.8, 4) is 0 Å². The Morgan fingerprint density at radius 2 is 2.13 bits per heavy atom. The highest BCUT2D eigenvalue weighted by molar-refractivity contribution is 5.00. The Balaban J connectivity index is 2.32. The van der Waals surface area contributed by atoms with Crippen molar-refractivity contribution in [2.75, 3.05) is 6.61 Å². The molecule has 86 valence electrons. The topological polar surface area (TPSA) is 45.4 Å². The first-order valence-electron chi connectivity index (χ1n) is 5.52. The van der Waals surface area contributed by atoms with Gasteiger partial charge in [0.25, 0.3) is 0 Å². The van der Waals surface area contributed by atoms with E-state index in [1.54, 1.807) is 6.26 Å². The summed E-state index contributed by atoms with van der Waals surface area (Å²) in [4.78, 5) is 0. The largest absolute Gasteiger partial charge is 0.469 e. The summed E-state index contributed by atoms with van der Waals surface area (Å²) in [7, 11) is 0. The molecule has 0 aliphatic rings. The molecule has 1 aromatic rings. The van der Waals surface area contributed by atoms with Crippen LogP contribution in [0.5, 0.6) is 0 Å². The zero-order valence-corrected chi connectivity index (χ0v) is 9.73. The van der Waals surface area contributed by atoms with E-state index in [9.17, 15) is 0 Å². The summed E-state index contributed by atoms with van der Waals surface area (Å²) in [5, 5.41) is 12.5. The number of aliphatic hydroxyl groups is 1. The molecule has 3 nitrogen and oxygen atoms in total. The van der Waals surface area contributed by atoms with Gasteiger partial charge in [0.15, 0.2) is 0 Å². The molecule has 0 saturated heterocycles. The Bertz CT molecular complexity index is 259. The molecule has 3 heteroatoms. The highest BCUT2D eigenvalue weighted by Crippen LogP contribution is 2.07. The molecule has 0 aliphatic carbocycles. The maximum absolute atomic E-state index is 9.02. The third-order valence-electron chi connectivity index (χ3n) is 2.78. The zero-order valence-electron chi connectivity index (χ0n) is 9.73. The SMILES string of the molecule is CC(Cc1ccco1)NC(C)C(C)CO. The van der Waals surface area contributed by atoms with Crippen molar-refractivity contribution in [3.05, 3.63) is 24.2 Å². The first-order chi connectivity index (χ1) is 7.13. The lowest BCUT2D eigenvalue weighted by atomic mass is 10.0. The monoisotopic (exact) mass is 211 g/mol. The summed E-state index contributed by atoms with van der Waals surface area (Å²) in [6.45, 7) is 6.49. The highest BCUT2D eigenvalue weighted by atomic mass is 16.3. The van der Waals surface area contributed by atoms with Crippen LogP contribution in [0.3, 0.4) is 0 Å². The van der Waals surface area contributed by atoms with Crippen LogP contribution >= 0.6 is 0 Å². The summed E-state index contributed by atoms with van der Waals surface area (Å²) in [6, 6.07) is 4.57. The van der Waals surface area contributed by atoms with Gasteiger partial charge in [0.2, 0.25) is 0 Å². The molecule has 3 atom stereocenters. The highest BCUT2D eigenvalue weighted by Gasteiger charge is 2.14. The van der Waals surface area contributed by atoms with Gasteiger partial charge in [-0.15, -0.1) is 0 Å². The molecule has 15 heavy (non-hydrogen) atoms. The third-order valence-corrected chi connectivity index (χ3v) is 2.78. The molecular formula is C12H21NO2. The molecule has 0 radical (unpaired) electrons. The summed E-state index contributed by atoms with van der Waals surface area (Å²) in [5.74, 6) is 1.28. The summed E-state index contributed by atoms with van der Waals surface area (Å²) in [6.07, 6.45) is 2.58. The number of hydrogen-bond donors (Lipinski definition) is 2. The first-order valence-corrected chi connectivity index (χ1v) is 5.52. The van der Waals surface area contributed by atoms with Crippen molar-refractivity contribution in [1.29, 1.82) is 0 Å². The van der Waals surface area contributed by atoms with Gasteiger partial charge in [-0.2, -0.15) is 0 Å². The number of rotatable bonds is 6. The Kier molecular flexibility index (Phi) is 4.85. The Morgan fingerprint density at radius 1 is 1.40 bits per heavy atom. The molecule has 1 rings (SSSR count). The average Bonchev–Trinajstić information content (AvgIpc) is 2.68. The lowest BCUT2D eigenvalue weighted by molar-refractivity contribution is 0.201. The van der Waals surface area contributed by atoms with Crippen molar-refractivity contribution >= 4 is 0 Å². The van der Waals surface area contributed by atoms with E-state index in [0.717, 1.165) is 12.2 Å². The molecule has 1 heterocycles. The molecule has 0 aliphatic heterocycles. The van der Waals surface area contributed by atoms with E-state index < -0.39 is 0 Å². The molecule has 3 unspecified atom stereocenters. The van der Waals surface area contributed by atoms with Gasteiger partial charge in [-0.1, -0.05) is 6.92 Å². The van der Waals surface area contributed by atoms with Crippen molar-refractivity contribution in [2.45, 2.75) is 39.3 Å². The minimum atomic E-state index is 0.224. The normalized spacial score (nSPS) is 17.3. The van der Waals surface area contributed by atoms with E-state index in [4.69, 9.17) is 9.52 Å². The van der Waals surface area contributed by atoms with E-state index in [1.807, 2.05) is 19.1 Å². The zero-order chi connectivity index (χ0) is 11.3. The van der Waals surface area contributed by atoms with Gasteiger partial charge in [-0.05, 0) is 31.9 Å². The van der Waals surface area contributed by atoms with Gasteiger partial charge in [0.05, 0.1) is 6.26 Å². The lowest BCUT2D eigenvalue weighted by Gasteiger charge is -2.23. The standard InChI is InChI=1S/C12H21NO2/c1-9(8-14)11(3)13-10(2)7-12-5-4-6-15-12/h4-6,9-11,13-14H,7-8H2,1-3H3. The first kappa shape index (κ1) is 12.3. The summed E-state index contributed by atoms with van der Waals surface area (Å²) < 4.78 is 5.28. The molecule has 0 aromatic carbocycles. The number of furan rings is 1. The Labute approximate surface area is 91.5 Å². The molecule has 0 bridgehead atoms. The van der Waals surface area contributed by atoms with Gasteiger partial charge >= 0.3 is 0 Å². The van der Waals surface area contributed by atoms with Crippen LogP contribution < -0.4 is 5.32 Å². The van der Waals surface area contributed by atoms with Crippen LogP contribution in [0, 0.1) is 5.92 Å². The van der Waals surface area contributed by atoms with Crippen molar-refractivity contribution in [3.63, 3.8) is 0 Å². The van der Waals surface area contributed by atoms with Crippen LogP contribution in [0.4, 0.5) is 0 Å². The van der Waals surface area contributed by atoms with E-state index >= 15 is 0 Å². The molecule has 0 fully saturated rings. The molecule has 0 amide bonds. The van der Waals surface area contributed by atoms with Crippen molar-refractivity contribution in [1.82, 2.24) is 5.32 Å². The molecule has 2 N–H and O–H groups in total. The second-order valence-electron chi connectivity index (χ2n) is 4.30. The fourth-order valence-corrected chi connectivity index (χ4v) is 1.56. The minimum absolute atomic E-state index is 0.224. The quantitative estimate of drug-likeness (QED) is 0.754. The van der Waals surface area contributed by atoms with E-state index in [1.165, 1.54) is 0 Å². The second kappa shape index (κ2) is 5.93.